The first-order valence-electron chi connectivity index (χ1n) is 9.88. The molecule has 1 aromatic rings. The average Bonchev–Trinajstić information content (AvgIpc) is 2.75. The highest BCUT2D eigenvalue weighted by molar-refractivity contribution is 7.98. The van der Waals surface area contributed by atoms with Crippen LogP contribution in [0.3, 0.4) is 0 Å². The normalized spacial score (nSPS) is 20.4. The Labute approximate surface area is 183 Å². The lowest BCUT2D eigenvalue weighted by Crippen LogP contribution is -2.53. The molecule has 1 fully saturated rings. The summed E-state index contributed by atoms with van der Waals surface area (Å²) < 4.78 is 78.5. The van der Waals surface area contributed by atoms with Crippen LogP contribution in [0.25, 0.3) is 0 Å². The minimum Gasteiger partial charge on any atom is -0.486 e. The molecule has 2 aliphatic rings. The van der Waals surface area contributed by atoms with Crippen LogP contribution in [0, 0.1) is 5.92 Å². The van der Waals surface area contributed by atoms with Gasteiger partial charge in [0.05, 0.1) is 10.8 Å². The van der Waals surface area contributed by atoms with Crippen molar-refractivity contribution in [3.05, 3.63) is 18.2 Å². The molecule has 0 radical (unpaired) electrons. The Hall–Kier alpha value is -1.66. The monoisotopic (exact) mass is 482 g/mol. The number of piperidine rings is 1. The van der Waals surface area contributed by atoms with E-state index in [4.69, 9.17) is 9.47 Å². The minimum atomic E-state index is -4.39. The van der Waals surface area contributed by atoms with Crippen molar-refractivity contribution in [3.63, 3.8) is 0 Å². The van der Waals surface area contributed by atoms with E-state index in [2.05, 4.69) is 4.72 Å². The number of benzene rings is 1. The molecule has 2 atom stereocenters. The zero-order valence-electron chi connectivity index (χ0n) is 17.0. The fourth-order valence-corrected chi connectivity index (χ4v) is 5.29. The Bertz CT molecular complexity index is 895. The first-order chi connectivity index (χ1) is 14.6. The molecule has 0 spiro atoms. The van der Waals surface area contributed by atoms with Gasteiger partial charge in [-0.3, -0.25) is 4.79 Å². The van der Waals surface area contributed by atoms with Crippen molar-refractivity contribution in [1.29, 1.82) is 0 Å². The summed E-state index contributed by atoms with van der Waals surface area (Å²) in [6.45, 7) is 0.363. The van der Waals surface area contributed by atoms with Gasteiger partial charge in [0.25, 0.3) is 0 Å². The summed E-state index contributed by atoms with van der Waals surface area (Å²) in [7, 11) is -4.11. The molecule has 0 unspecified atom stereocenters. The molecule has 1 N–H and O–H groups in total. The van der Waals surface area contributed by atoms with E-state index in [0.717, 1.165) is 4.90 Å². The lowest BCUT2D eigenvalue weighted by atomic mass is 9.97. The number of likely N-dealkylation sites (tertiary alicyclic amines) is 1. The molecule has 1 amide bonds. The number of carbonyl (C=O) groups excluding carboxylic acids is 1. The number of carbonyl (C=O) groups is 1. The van der Waals surface area contributed by atoms with E-state index < -0.39 is 40.6 Å². The number of hydrogen-bond donors (Lipinski definition) is 1. The van der Waals surface area contributed by atoms with E-state index in [-0.39, 0.29) is 43.1 Å². The maximum Gasteiger partial charge on any atom is 0.393 e. The van der Waals surface area contributed by atoms with Crippen molar-refractivity contribution in [1.82, 2.24) is 9.62 Å². The number of nitrogens with zero attached hydrogens (tertiary/aromatic N) is 1. The Kier molecular flexibility index (Phi) is 7.63. The van der Waals surface area contributed by atoms with Crippen molar-refractivity contribution in [3.8, 4) is 11.5 Å². The van der Waals surface area contributed by atoms with Gasteiger partial charge in [-0.15, -0.1) is 0 Å². The molecule has 2 heterocycles. The van der Waals surface area contributed by atoms with E-state index >= 15 is 0 Å². The van der Waals surface area contributed by atoms with E-state index in [0.29, 0.717) is 18.1 Å². The van der Waals surface area contributed by atoms with E-state index in [1.165, 1.54) is 30.0 Å². The molecule has 31 heavy (non-hydrogen) atoms. The Morgan fingerprint density at radius 2 is 2.00 bits per heavy atom. The molecule has 0 saturated carbocycles. The number of thioether (sulfide) groups is 1. The van der Waals surface area contributed by atoms with Gasteiger partial charge in [0.2, 0.25) is 15.9 Å². The van der Waals surface area contributed by atoms with Gasteiger partial charge in [0.15, 0.2) is 11.5 Å². The number of halogens is 3. The predicted molar refractivity (Wildman–Crippen MR) is 110 cm³/mol. The van der Waals surface area contributed by atoms with Gasteiger partial charge in [-0.05, 0) is 43.4 Å². The first kappa shape index (κ1) is 24.0. The van der Waals surface area contributed by atoms with Crippen LogP contribution in [0.15, 0.2) is 23.1 Å². The van der Waals surface area contributed by atoms with Crippen LogP contribution < -0.4 is 14.2 Å². The van der Waals surface area contributed by atoms with Gasteiger partial charge in [-0.1, -0.05) is 0 Å². The van der Waals surface area contributed by atoms with Crippen LogP contribution in [0.1, 0.15) is 19.3 Å². The number of nitrogens with one attached hydrogen (secondary N) is 1. The summed E-state index contributed by atoms with van der Waals surface area (Å²) in [5, 5.41) is 0. The SMILES string of the molecule is CSCC[C@H](NS(=O)(=O)c1ccc2c(c1)OCCO2)C(=O)N1CCC[C@@H](C(F)(F)F)C1. The maximum atomic E-state index is 13.1. The van der Waals surface area contributed by atoms with Gasteiger partial charge in [-0.25, -0.2) is 8.42 Å². The summed E-state index contributed by atoms with van der Waals surface area (Å²) in [6, 6.07) is 2.97. The highest BCUT2D eigenvalue weighted by Crippen LogP contribution is 2.34. The minimum absolute atomic E-state index is 0.0360. The van der Waals surface area contributed by atoms with Crippen LogP contribution in [-0.4, -0.2) is 69.8 Å². The molecule has 3 rings (SSSR count). The molecule has 7 nitrogen and oxygen atoms in total. The number of amides is 1. The molecule has 174 valence electrons. The second-order valence-electron chi connectivity index (χ2n) is 7.43. The quantitative estimate of drug-likeness (QED) is 0.643. The predicted octanol–water partition coefficient (Wildman–Crippen LogP) is 2.66. The molecule has 0 aromatic heterocycles. The van der Waals surface area contributed by atoms with Gasteiger partial charge in [-0.2, -0.15) is 29.7 Å². The Morgan fingerprint density at radius 1 is 1.29 bits per heavy atom. The fourth-order valence-electron chi connectivity index (χ4n) is 3.58. The van der Waals surface area contributed by atoms with Crippen LogP contribution in [0.5, 0.6) is 11.5 Å². The van der Waals surface area contributed by atoms with Crippen molar-refractivity contribution in [2.24, 2.45) is 5.92 Å². The van der Waals surface area contributed by atoms with Crippen molar-refractivity contribution < 1.29 is 35.9 Å². The summed E-state index contributed by atoms with van der Waals surface area (Å²) in [4.78, 5) is 14.0. The van der Waals surface area contributed by atoms with Crippen molar-refractivity contribution >= 4 is 27.7 Å². The third-order valence-electron chi connectivity index (χ3n) is 5.23. The van der Waals surface area contributed by atoms with Crippen LogP contribution in [0.2, 0.25) is 0 Å². The fraction of sp³-hybridized carbons (Fsp3) is 0.632. The third kappa shape index (κ3) is 5.98. The van der Waals surface area contributed by atoms with Crippen molar-refractivity contribution in [2.45, 2.75) is 36.4 Å². The maximum absolute atomic E-state index is 13.1. The van der Waals surface area contributed by atoms with Crippen LogP contribution in [-0.2, 0) is 14.8 Å². The number of fused-ring (bicyclic) bond motifs is 1. The lowest BCUT2D eigenvalue weighted by Gasteiger charge is -2.35. The lowest BCUT2D eigenvalue weighted by molar-refractivity contribution is -0.188. The Morgan fingerprint density at radius 3 is 2.68 bits per heavy atom. The van der Waals surface area contributed by atoms with E-state index in [9.17, 15) is 26.4 Å². The number of ether oxygens (including phenoxy) is 2. The molecule has 0 aliphatic carbocycles. The van der Waals surface area contributed by atoms with Gasteiger partial charge in [0, 0.05) is 19.2 Å². The molecular weight excluding hydrogens is 457 g/mol. The average molecular weight is 483 g/mol. The number of alkyl halides is 3. The molecule has 12 heteroatoms. The molecular formula is C19H25F3N2O5S2. The van der Waals surface area contributed by atoms with E-state index in [1.54, 1.807) is 6.26 Å². The van der Waals surface area contributed by atoms with Crippen LogP contribution >= 0.6 is 11.8 Å². The number of rotatable bonds is 7. The number of sulfonamides is 1. The third-order valence-corrected chi connectivity index (χ3v) is 7.34. The van der Waals surface area contributed by atoms with Crippen LogP contribution in [0.4, 0.5) is 13.2 Å². The second kappa shape index (κ2) is 9.86. The largest absolute Gasteiger partial charge is 0.486 e. The van der Waals surface area contributed by atoms with Crippen molar-refractivity contribution in [2.75, 3.05) is 38.3 Å². The summed E-state index contributed by atoms with van der Waals surface area (Å²) >= 11 is 1.42. The molecule has 0 bridgehead atoms. The zero-order chi connectivity index (χ0) is 22.6. The standard InChI is InChI=1S/C19H25F3N2O5S2/c1-30-10-6-15(18(25)24-7-2-3-13(12-24)19(20,21)22)23-31(26,27)14-4-5-16-17(11-14)29-9-8-28-16/h4-5,11,13,15,23H,2-3,6-10,12H2,1H3/t13-,15+/m1/s1. The molecule has 1 saturated heterocycles. The summed E-state index contributed by atoms with van der Waals surface area (Å²) in [5.74, 6) is -1.06. The smallest absolute Gasteiger partial charge is 0.393 e. The second-order valence-corrected chi connectivity index (χ2v) is 10.1. The topological polar surface area (TPSA) is 84.9 Å². The Balaban J connectivity index is 1.78. The number of hydrogen-bond acceptors (Lipinski definition) is 6. The molecule has 2 aliphatic heterocycles. The summed E-state index contributed by atoms with van der Waals surface area (Å²) in [6.07, 6.45) is -2.24. The van der Waals surface area contributed by atoms with E-state index in [1.807, 2.05) is 0 Å². The van der Waals surface area contributed by atoms with Gasteiger partial charge in [0.1, 0.15) is 19.3 Å². The van der Waals surface area contributed by atoms with Gasteiger partial charge < -0.3 is 14.4 Å². The zero-order valence-corrected chi connectivity index (χ0v) is 18.6. The highest BCUT2D eigenvalue weighted by atomic mass is 32.2. The molecule has 1 aromatic carbocycles. The first-order valence-corrected chi connectivity index (χ1v) is 12.8. The highest BCUT2D eigenvalue weighted by Gasteiger charge is 2.43. The van der Waals surface area contributed by atoms with Gasteiger partial charge >= 0.3 is 6.18 Å². The summed E-state index contributed by atoms with van der Waals surface area (Å²) in [5.41, 5.74) is 0.